The Bertz CT molecular complexity index is 424. The third-order valence-corrected chi connectivity index (χ3v) is 3.06. The number of aliphatic hydroxyl groups is 1. The summed E-state index contributed by atoms with van der Waals surface area (Å²) in [5, 5.41) is 15.1. The summed E-state index contributed by atoms with van der Waals surface area (Å²) in [5.41, 5.74) is 0. The number of aliphatic hydroxyl groups excluding tert-OH is 1. The highest BCUT2D eigenvalue weighted by atomic mass is 16.5. The standard InChI is InChI=1S/C12H22N6O2/c1-9(8-19)7-14-11-15-10(13-2)16-12(17-11)18-3-5-20-6-4-18/h9,19H,3-8H2,1-2H3,(H2,13,14,15,16,17). The monoisotopic (exact) mass is 282 g/mol. The average molecular weight is 282 g/mol. The summed E-state index contributed by atoms with van der Waals surface area (Å²) in [7, 11) is 1.78. The predicted octanol–water partition coefficient (Wildman–Crippen LogP) is -0.210. The van der Waals surface area contributed by atoms with Gasteiger partial charge >= 0.3 is 0 Å². The topological polar surface area (TPSA) is 95.4 Å². The Labute approximate surface area is 118 Å². The van der Waals surface area contributed by atoms with Crippen molar-refractivity contribution < 1.29 is 9.84 Å². The molecule has 1 aromatic heterocycles. The number of rotatable bonds is 6. The molecule has 0 spiro atoms. The van der Waals surface area contributed by atoms with E-state index in [0.29, 0.717) is 37.6 Å². The molecule has 2 rings (SSSR count). The minimum absolute atomic E-state index is 0.132. The van der Waals surface area contributed by atoms with Gasteiger partial charge in [-0.2, -0.15) is 15.0 Å². The van der Waals surface area contributed by atoms with Gasteiger partial charge in [0, 0.05) is 33.3 Å². The van der Waals surface area contributed by atoms with E-state index in [2.05, 4.69) is 30.5 Å². The van der Waals surface area contributed by atoms with E-state index in [1.54, 1.807) is 7.05 Å². The zero-order chi connectivity index (χ0) is 14.4. The Hall–Kier alpha value is -1.67. The number of ether oxygens (including phenoxy) is 1. The Morgan fingerprint density at radius 2 is 1.95 bits per heavy atom. The number of anilines is 3. The van der Waals surface area contributed by atoms with Crippen molar-refractivity contribution in [3.05, 3.63) is 0 Å². The lowest BCUT2D eigenvalue weighted by Crippen LogP contribution is -2.37. The highest BCUT2D eigenvalue weighted by Crippen LogP contribution is 2.14. The molecule has 8 heteroatoms. The fourth-order valence-electron chi connectivity index (χ4n) is 1.79. The zero-order valence-corrected chi connectivity index (χ0v) is 12.0. The molecular weight excluding hydrogens is 260 g/mol. The van der Waals surface area contributed by atoms with E-state index in [1.807, 2.05) is 6.92 Å². The summed E-state index contributed by atoms with van der Waals surface area (Å²) in [6.45, 7) is 5.63. The van der Waals surface area contributed by atoms with E-state index in [0.717, 1.165) is 13.1 Å². The molecule has 1 saturated heterocycles. The van der Waals surface area contributed by atoms with Crippen LogP contribution in [-0.2, 0) is 4.74 Å². The SMILES string of the molecule is CNc1nc(NCC(C)CO)nc(N2CCOCC2)n1. The molecule has 0 saturated carbocycles. The second-order valence-electron chi connectivity index (χ2n) is 4.80. The molecule has 1 aliphatic rings. The fourth-order valence-corrected chi connectivity index (χ4v) is 1.79. The molecule has 1 aliphatic heterocycles. The predicted molar refractivity (Wildman–Crippen MR) is 77.1 cm³/mol. The first kappa shape index (κ1) is 14.7. The summed E-state index contributed by atoms with van der Waals surface area (Å²) in [4.78, 5) is 15.1. The van der Waals surface area contributed by atoms with Crippen molar-refractivity contribution in [3.63, 3.8) is 0 Å². The summed E-state index contributed by atoms with van der Waals surface area (Å²) < 4.78 is 5.33. The summed E-state index contributed by atoms with van der Waals surface area (Å²) in [6, 6.07) is 0. The minimum Gasteiger partial charge on any atom is -0.396 e. The molecule has 0 amide bonds. The Morgan fingerprint density at radius 3 is 2.60 bits per heavy atom. The molecule has 1 fully saturated rings. The van der Waals surface area contributed by atoms with Gasteiger partial charge < -0.3 is 25.4 Å². The van der Waals surface area contributed by atoms with Crippen LogP contribution in [0.1, 0.15) is 6.92 Å². The minimum atomic E-state index is 0.132. The molecule has 20 heavy (non-hydrogen) atoms. The van der Waals surface area contributed by atoms with Crippen molar-refractivity contribution in [3.8, 4) is 0 Å². The van der Waals surface area contributed by atoms with Crippen LogP contribution in [-0.4, -0.2) is 66.6 Å². The van der Waals surface area contributed by atoms with Crippen LogP contribution < -0.4 is 15.5 Å². The maximum absolute atomic E-state index is 9.04. The van der Waals surface area contributed by atoms with Crippen LogP contribution in [0.15, 0.2) is 0 Å². The normalized spacial score (nSPS) is 16.9. The summed E-state index contributed by atoms with van der Waals surface area (Å²) in [5.74, 6) is 1.84. The molecule has 0 radical (unpaired) electrons. The number of hydrogen-bond acceptors (Lipinski definition) is 8. The molecule has 0 bridgehead atoms. The van der Waals surface area contributed by atoms with Crippen LogP contribution in [0.5, 0.6) is 0 Å². The largest absolute Gasteiger partial charge is 0.396 e. The van der Waals surface area contributed by atoms with Crippen molar-refractivity contribution in [1.82, 2.24) is 15.0 Å². The van der Waals surface area contributed by atoms with Gasteiger partial charge in [0.1, 0.15) is 0 Å². The number of nitrogens with zero attached hydrogens (tertiary/aromatic N) is 4. The fraction of sp³-hybridized carbons (Fsp3) is 0.750. The van der Waals surface area contributed by atoms with Gasteiger partial charge in [-0.15, -0.1) is 0 Å². The van der Waals surface area contributed by atoms with Gasteiger partial charge in [0.05, 0.1) is 13.2 Å². The highest BCUT2D eigenvalue weighted by molar-refractivity contribution is 5.43. The van der Waals surface area contributed by atoms with E-state index in [1.165, 1.54) is 0 Å². The molecule has 2 heterocycles. The third kappa shape index (κ3) is 3.91. The number of nitrogens with one attached hydrogen (secondary N) is 2. The molecular formula is C12H22N6O2. The van der Waals surface area contributed by atoms with E-state index >= 15 is 0 Å². The first-order valence-electron chi connectivity index (χ1n) is 6.84. The van der Waals surface area contributed by atoms with Gasteiger partial charge in [-0.1, -0.05) is 6.92 Å². The van der Waals surface area contributed by atoms with Crippen LogP contribution in [0.25, 0.3) is 0 Å². The van der Waals surface area contributed by atoms with Crippen LogP contribution in [0, 0.1) is 5.92 Å². The quantitative estimate of drug-likeness (QED) is 0.660. The lowest BCUT2D eigenvalue weighted by molar-refractivity contribution is 0.122. The summed E-state index contributed by atoms with van der Waals surface area (Å²) >= 11 is 0. The first-order chi connectivity index (χ1) is 9.72. The lowest BCUT2D eigenvalue weighted by atomic mass is 10.2. The third-order valence-electron chi connectivity index (χ3n) is 3.06. The van der Waals surface area contributed by atoms with Crippen molar-refractivity contribution in [1.29, 1.82) is 0 Å². The molecule has 3 N–H and O–H groups in total. The van der Waals surface area contributed by atoms with Gasteiger partial charge in [-0.05, 0) is 5.92 Å². The van der Waals surface area contributed by atoms with Gasteiger partial charge in [0.25, 0.3) is 0 Å². The van der Waals surface area contributed by atoms with Crippen LogP contribution >= 0.6 is 0 Å². The van der Waals surface area contributed by atoms with Crippen LogP contribution in [0.4, 0.5) is 17.8 Å². The van der Waals surface area contributed by atoms with Crippen molar-refractivity contribution in [2.45, 2.75) is 6.92 Å². The summed E-state index contributed by atoms with van der Waals surface area (Å²) in [6.07, 6.45) is 0. The highest BCUT2D eigenvalue weighted by Gasteiger charge is 2.16. The van der Waals surface area contributed by atoms with Gasteiger partial charge in [0.2, 0.25) is 17.8 Å². The van der Waals surface area contributed by atoms with E-state index in [9.17, 15) is 0 Å². The first-order valence-corrected chi connectivity index (χ1v) is 6.84. The Morgan fingerprint density at radius 1 is 1.25 bits per heavy atom. The molecule has 1 atom stereocenters. The lowest BCUT2D eigenvalue weighted by Gasteiger charge is -2.27. The molecule has 1 aromatic rings. The number of aromatic nitrogens is 3. The van der Waals surface area contributed by atoms with Crippen molar-refractivity contribution >= 4 is 17.8 Å². The molecule has 112 valence electrons. The second kappa shape index (κ2) is 7.20. The smallest absolute Gasteiger partial charge is 0.232 e. The number of morpholine rings is 1. The average Bonchev–Trinajstić information content (AvgIpc) is 2.53. The van der Waals surface area contributed by atoms with Crippen molar-refractivity contribution in [2.24, 2.45) is 5.92 Å². The molecule has 0 aliphatic carbocycles. The van der Waals surface area contributed by atoms with E-state index in [-0.39, 0.29) is 12.5 Å². The maximum atomic E-state index is 9.04. The molecule has 0 aromatic carbocycles. The second-order valence-corrected chi connectivity index (χ2v) is 4.80. The molecule has 8 nitrogen and oxygen atoms in total. The number of hydrogen-bond donors (Lipinski definition) is 3. The van der Waals surface area contributed by atoms with Crippen LogP contribution in [0.2, 0.25) is 0 Å². The Balaban J connectivity index is 2.10. The van der Waals surface area contributed by atoms with Crippen LogP contribution in [0.3, 0.4) is 0 Å². The van der Waals surface area contributed by atoms with Gasteiger partial charge in [0.15, 0.2) is 0 Å². The van der Waals surface area contributed by atoms with Crippen molar-refractivity contribution in [2.75, 3.05) is 62.0 Å². The maximum Gasteiger partial charge on any atom is 0.232 e. The van der Waals surface area contributed by atoms with E-state index < -0.39 is 0 Å². The zero-order valence-electron chi connectivity index (χ0n) is 12.0. The molecule has 1 unspecified atom stereocenters. The van der Waals surface area contributed by atoms with E-state index in [4.69, 9.17) is 9.84 Å². The van der Waals surface area contributed by atoms with Gasteiger partial charge in [-0.3, -0.25) is 0 Å². The van der Waals surface area contributed by atoms with Gasteiger partial charge in [-0.25, -0.2) is 0 Å². The Kier molecular flexibility index (Phi) is 5.31.